The highest BCUT2D eigenvalue weighted by Crippen LogP contribution is 2.34. The fourth-order valence-electron chi connectivity index (χ4n) is 1.58. The zero-order chi connectivity index (χ0) is 13.8. The predicted octanol–water partition coefficient (Wildman–Crippen LogP) is 4.66. The summed E-state index contributed by atoms with van der Waals surface area (Å²) in [5.41, 5.74) is 0.138. The lowest BCUT2D eigenvalue weighted by Crippen LogP contribution is -2.00. The maximum atomic E-state index is 11.2. The number of benzene rings is 2. The highest BCUT2D eigenvalue weighted by Gasteiger charge is 2.13. The molecule has 0 atom stereocenters. The van der Waals surface area contributed by atoms with Crippen molar-refractivity contribution >= 4 is 33.7 Å². The Morgan fingerprint density at radius 3 is 2.63 bits per heavy atom. The molecule has 2 aromatic carbocycles. The van der Waals surface area contributed by atoms with E-state index in [-0.39, 0.29) is 5.56 Å². The number of aromatic carboxylic acids is 1. The first-order valence-electron chi connectivity index (χ1n) is 5.45. The number of carboxylic acid groups (broad SMARTS) is 1. The molecule has 0 aliphatic rings. The van der Waals surface area contributed by atoms with Gasteiger partial charge in [0.05, 0.1) is 0 Å². The molecule has 5 heteroatoms. The molecule has 0 bridgehead atoms. The van der Waals surface area contributed by atoms with Crippen LogP contribution in [0.25, 0.3) is 0 Å². The first-order chi connectivity index (χ1) is 9.11. The Labute approximate surface area is 123 Å². The Morgan fingerprint density at radius 2 is 1.95 bits per heavy atom. The largest absolute Gasteiger partial charge is 0.478 e. The Morgan fingerprint density at radius 1 is 1.21 bits per heavy atom. The van der Waals surface area contributed by atoms with Crippen molar-refractivity contribution in [3.05, 3.63) is 52.5 Å². The second-order valence-corrected chi connectivity index (χ2v) is 5.46. The monoisotopic (exact) mass is 338 g/mol. The second-order valence-electron chi connectivity index (χ2n) is 3.70. The molecule has 1 N–H and O–H groups in total. The van der Waals surface area contributed by atoms with Crippen molar-refractivity contribution in [1.82, 2.24) is 0 Å². The summed E-state index contributed by atoms with van der Waals surface area (Å²) in [5, 5.41) is 9.16. The van der Waals surface area contributed by atoms with Crippen LogP contribution in [0.1, 0.15) is 10.4 Å². The lowest BCUT2D eigenvalue weighted by Gasteiger charge is -2.11. The van der Waals surface area contributed by atoms with Crippen LogP contribution in [-0.2, 0) is 0 Å². The van der Waals surface area contributed by atoms with Crippen molar-refractivity contribution in [1.29, 1.82) is 0 Å². The summed E-state index contributed by atoms with van der Waals surface area (Å²) in [5.74, 6) is -0.0388. The van der Waals surface area contributed by atoms with Crippen molar-refractivity contribution in [3.63, 3.8) is 0 Å². The Bertz CT molecular complexity index is 613. The zero-order valence-electron chi connectivity index (χ0n) is 10.1. The summed E-state index contributed by atoms with van der Waals surface area (Å²) in [7, 11) is 0. The van der Waals surface area contributed by atoms with Gasteiger partial charge in [-0.1, -0.05) is 28.1 Å². The van der Waals surface area contributed by atoms with Gasteiger partial charge >= 0.3 is 5.97 Å². The number of thioether (sulfide) groups is 1. The minimum Gasteiger partial charge on any atom is -0.478 e. The van der Waals surface area contributed by atoms with Crippen molar-refractivity contribution < 1.29 is 14.6 Å². The number of carbonyl (C=O) groups is 1. The Kier molecular flexibility index (Phi) is 4.50. The third kappa shape index (κ3) is 3.30. The minimum absolute atomic E-state index is 0.138. The predicted molar refractivity (Wildman–Crippen MR) is 79.4 cm³/mol. The van der Waals surface area contributed by atoms with Crippen LogP contribution in [0.4, 0.5) is 0 Å². The molecule has 0 unspecified atom stereocenters. The number of para-hydroxylation sites is 1. The van der Waals surface area contributed by atoms with Crippen LogP contribution in [0, 0.1) is 0 Å². The normalized spacial score (nSPS) is 10.2. The summed E-state index contributed by atoms with van der Waals surface area (Å²) < 4.78 is 6.51. The number of ether oxygens (including phenoxy) is 1. The standard InChI is InChI=1S/C14H11BrO3S/c1-19-13-5-3-2-4-11(13)18-12-8-9(15)6-7-10(12)14(16)17/h2-8H,1H3,(H,16,17). The molecule has 0 fully saturated rings. The SMILES string of the molecule is CSc1ccccc1Oc1cc(Br)ccc1C(=O)O. The molecule has 0 saturated carbocycles. The average Bonchev–Trinajstić information content (AvgIpc) is 2.39. The van der Waals surface area contributed by atoms with Crippen LogP contribution in [0.2, 0.25) is 0 Å². The lowest BCUT2D eigenvalue weighted by molar-refractivity contribution is 0.0694. The van der Waals surface area contributed by atoms with E-state index < -0.39 is 5.97 Å². The van der Waals surface area contributed by atoms with Crippen LogP contribution in [0.5, 0.6) is 11.5 Å². The first-order valence-corrected chi connectivity index (χ1v) is 7.47. The van der Waals surface area contributed by atoms with Crippen LogP contribution in [0.15, 0.2) is 51.8 Å². The maximum Gasteiger partial charge on any atom is 0.339 e. The number of halogens is 1. The molecular weight excluding hydrogens is 328 g/mol. The van der Waals surface area contributed by atoms with E-state index in [1.165, 1.54) is 6.07 Å². The topological polar surface area (TPSA) is 46.5 Å². The Balaban J connectivity index is 2.42. The van der Waals surface area contributed by atoms with Gasteiger partial charge in [0, 0.05) is 9.37 Å². The van der Waals surface area contributed by atoms with E-state index in [1.54, 1.807) is 23.9 Å². The molecule has 0 aromatic heterocycles. The molecule has 2 aromatic rings. The molecule has 0 aliphatic carbocycles. The van der Waals surface area contributed by atoms with E-state index in [0.29, 0.717) is 11.5 Å². The van der Waals surface area contributed by atoms with Gasteiger partial charge in [-0.2, -0.15) is 0 Å². The number of hydrogen-bond acceptors (Lipinski definition) is 3. The average molecular weight is 339 g/mol. The van der Waals surface area contributed by atoms with Crippen LogP contribution in [0.3, 0.4) is 0 Å². The maximum absolute atomic E-state index is 11.2. The molecule has 0 spiro atoms. The quantitative estimate of drug-likeness (QED) is 0.823. The molecule has 0 aliphatic heterocycles. The van der Waals surface area contributed by atoms with Gasteiger partial charge in [-0.05, 0) is 36.6 Å². The second kappa shape index (κ2) is 6.12. The van der Waals surface area contributed by atoms with Gasteiger partial charge in [0.1, 0.15) is 17.1 Å². The Hall–Kier alpha value is -1.46. The van der Waals surface area contributed by atoms with E-state index in [9.17, 15) is 4.79 Å². The van der Waals surface area contributed by atoms with Gasteiger partial charge in [0.25, 0.3) is 0 Å². The molecule has 0 radical (unpaired) electrons. The highest BCUT2D eigenvalue weighted by molar-refractivity contribution is 9.10. The van der Waals surface area contributed by atoms with Crippen LogP contribution < -0.4 is 4.74 Å². The van der Waals surface area contributed by atoms with Crippen LogP contribution >= 0.6 is 27.7 Å². The fraction of sp³-hybridized carbons (Fsp3) is 0.0714. The van der Waals surface area contributed by atoms with Gasteiger partial charge in [0.2, 0.25) is 0 Å². The van der Waals surface area contributed by atoms with Gasteiger partial charge in [-0.15, -0.1) is 11.8 Å². The third-order valence-corrected chi connectivity index (χ3v) is 3.73. The first kappa shape index (κ1) is 14.0. The molecule has 19 heavy (non-hydrogen) atoms. The van der Waals surface area contributed by atoms with Crippen molar-refractivity contribution in [2.24, 2.45) is 0 Å². The summed E-state index contributed by atoms with van der Waals surface area (Å²) in [4.78, 5) is 12.1. The number of rotatable bonds is 4. The van der Waals surface area contributed by atoms with Gasteiger partial charge < -0.3 is 9.84 Å². The van der Waals surface area contributed by atoms with E-state index in [2.05, 4.69) is 15.9 Å². The van der Waals surface area contributed by atoms with Crippen molar-refractivity contribution in [3.8, 4) is 11.5 Å². The highest BCUT2D eigenvalue weighted by atomic mass is 79.9. The molecular formula is C14H11BrO3S. The van der Waals surface area contributed by atoms with Gasteiger partial charge in [-0.3, -0.25) is 0 Å². The minimum atomic E-state index is -1.01. The molecule has 98 valence electrons. The lowest BCUT2D eigenvalue weighted by atomic mass is 10.2. The molecule has 0 heterocycles. The third-order valence-electron chi connectivity index (χ3n) is 2.46. The zero-order valence-corrected chi connectivity index (χ0v) is 12.5. The fourth-order valence-corrected chi connectivity index (χ4v) is 2.44. The number of carboxylic acids is 1. The summed E-state index contributed by atoms with van der Waals surface area (Å²) in [6, 6.07) is 12.4. The van der Waals surface area contributed by atoms with E-state index in [0.717, 1.165) is 9.37 Å². The van der Waals surface area contributed by atoms with Crippen molar-refractivity contribution in [2.45, 2.75) is 4.90 Å². The van der Waals surface area contributed by atoms with E-state index in [1.807, 2.05) is 30.5 Å². The smallest absolute Gasteiger partial charge is 0.339 e. The summed E-state index contributed by atoms with van der Waals surface area (Å²) in [6.07, 6.45) is 1.95. The molecule has 0 amide bonds. The summed E-state index contributed by atoms with van der Waals surface area (Å²) >= 11 is 4.87. The molecule has 2 rings (SSSR count). The number of hydrogen-bond donors (Lipinski definition) is 1. The van der Waals surface area contributed by atoms with Crippen LogP contribution in [-0.4, -0.2) is 17.3 Å². The molecule has 0 saturated heterocycles. The summed E-state index contributed by atoms with van der Waals surface area (Å²) in [6.45, 7) is 0. The van der Waals surface area contributed by atoms with Gasteiger partial charge in [-0.25, -0.2) is 4.79 Å². The van der Waals surface area contributed by atoms with Crippen molar-refractivity contribution in [2.75, 3.05) is 6.26 Å². The van der Waals surface area contributed by atoms with E-state index >= 15 is 0 Å². The van der Waals surface area contributed by atoms with Gasteiger partial charge in [0.15, 0.2) is 0 Å². The molecule has 3 nitrogen and oxygen atoms in total. The van der Waals surface area contributed by atoms with E-state index in [4.69, 9.17) is 9.84 Å².